The molecule has 86 valence electrons. The lowest BCUT2D eigenvalue weighted by atomic mass is 10.0. The van der Waals surface area contributed by atoms with Crippen molar-refractivity contribution in [3.63, 3.8) is 0 Å². The Kier molecular flexibility index (Phi) is 4.68. The van der Waals surface area contributed by atoms with Crippen LogP contribution in [0.15, 0.2) is 0 Å². The molecule has 5 heteroatoms. The maximum atomic E-state index is 4.17. The Bertz CT molecular complexity index is 281. The van der Waals surface area contributed by atoms with E-state index in [1.54, 1.807) is 7.05 Å². The van der Waals surface area contributed by atoms with Crippen LogP contribution in [-0.2, 0) is 13.5 Å². The van der Waals surface area contributed by atoms with Crippen molar-refractivity contribution < 1.29 is 0 Å². The van der Waals surface area contributed by atoms with Crippen molar-refractivity contribution in [2.24, 2.45) is 13.0 Å². The molecule has 1 aromatic heterocycles. The number of rotatable bonds is 6. The van der Waals surface area contributed by atoms with E-state index in [-0.39, 0.29) is 0 Å². The van der Waals surface area contributed by atoms with E-state index in [0.717, 1.165) is 25.2 Å². The fourth-order valence-electron chi connectivity index (χ4n) is 1.44. The van der Waals surface area contributed by atoms with Gasteiger partial charge >= 0.3 is 0 Å². The van der Waals surface area contributed by atoms with Gasteiger partial charge in [0.15, 0.2) is 5.82 Å². The molecule has 0 aliphatic heterocycles. The van der Waals surface area contributed by atoms with Crippen LogP contribution in [0.5, 0.6) is 0 Å². The number of nitrogens with zero attached hydrogens (tertiary/aromatic N) is 4. The van der Waals surface area contributed by atoms with Gasteiger partial charge in [0.25, 0.3) is 0 Å². The average molecular weight is 211 g/mol. The first-order valence-corrected chi connectivity index (χ1v) is 5.54. The SMILES string of the molecule is CC(CCNC(C)C)Cc1nnn(C)n1. The van der Waals surface area contributed by atoms with Gasteiger partial charge in [0.05, 0.1) is 7.05 Å². The molecule has 0 aromatic carbocycles. The van der Waals surface area contributed by atoms with Gasteiger partial charge < -0.3 is 5.32 Å². The van der Waals surface area contributed by atoms with Crippen molar-refractivity contribution in [3.05, 3.63) is 5.82 Å². The highest BCUT2D eigenvalue weighted by atomic mass is 15.6. The first kappa shape index (κ1) is 12.1. The highest BCUT2D eigenvalue weighted by Crippen LogP contribution is 2.06. The number of hydrogen-bond acceptors (Lipinski definition) is 4. The lowest BCUT2D eigenvalue weighted by molar-refractivity contribution is 0.468. The predicted octanol–water partition coefficient (Wildman–Crippen LogP) is 0.777. The molecule has 0 radical (unpaired) electrons. The zero-order valence-electron chi connectivity index (χ0n) is 10.1. The van der Waals surface area contributed by atoms with Crippen molar-refractivity contribution >= 4 is 0 Å². The van der Waals surface area contributed by atoms with E-state index in [2.05, 4.69) is 41.5 Å². The third-order valence-corrected chi connectivity index (χ3v) is 2.27. The van der Waals surface area contributed by atoms with Crippen LogP contribution >= 0.6 is 0 Å². The third-order valence-electron chi connectivity index (χ3n) is 2.27. The zero-order valence-corrected chi connectivity index (χ0v) is 10.1. The molecular formula is C10H21N5. The van der Waals surface area contributed by atoms with Crippen LogP contribution in [0.2, 0.25) is 0 Å². The Morgan fingerprint density at radius 1 is 1.33 bits per heavy atom. The average Bonchev–Trinajstić information content (AvgIpc) is 2.50. The quantitative estimate of drug-likeness (QED) is 0.755. The fraction of sp³-hybridized carbons (Fsp3) is 0.900. The molecule has 1 rings (SSSR count). The van der Waals surface area contributed by atoms with E-state index >= 15 is 0 Å². The molecule has 1 atom stereocenters. The van der Waals surface area contributed by atoms with Crippen LogP contribution in [0.1, 0.15) is 33.0 Å². The van der Waals surface area contributed by atoms with Gasteiger partial charge in [-0.2, -0.15) is 4.80 Å². The number of hydrogen-bond donors (Lipinski definition) is 1. The van der Waals surface area contributed by atoms with Gasteiger partial charge in [0.1, 0.15) is 0 Å². The molecule has 0 bridgehead atoms. The van der Waals surface area contributed by atoms with Gasteiger partial charge in [-0.15, -0.1) is 10.2 Å². The Hall–Kier alpha value is -0.970. The second-order valence-electron chi connectivity index (χ2n) is 4.40. The van der Waals surface area contributed by atoms with Crippen molar-refractivity contribution in [2.45, 2.75) is 39.7 Å². The largest absolute Gasteiger partial charge is 0.315 e. The summed E-state index contributed by atoms with van der Waals surface area (Å²) >= 11 is 0. The van der Waals surface area contributed by atoms with Crippen molar-refractivity contribution in [1.82, 2.24) is 25.5 Å². The van der Waals surface area contributed by atoms with Crippen LogP contribution in [0.4, 0.5) is 0 Å². The topological polar surface area (TPSA) is 55.6 Å². The summed E-state index contributed by atoms with van der Waals surface area (Å²) in [6, 6.07) is 0.562. The Balaban J connectivity index is 2.21. The standard InChI is InChI=1S/C10H21N5/c1-8(2)11-6-5-9(3)7-10-12-14-15(4)13-10/h8-9,11H,5-7H2,1-4H3. The molecule has 5 nitrogen and oxygen atoms in total. The normalized spacial score (nSPS) is 13.4. The molecule has 0 aliphatic rings. The van der Waals surface area contributed by atoms with Crippen LogP contribution in [0.3, 0.4) is 0 Å². The molecule has 0 spiro atoms. The second-order valence-corrected chi connectivity index (χ2v) is 4.40. The van der Waals surface area contributed by atoms with Gasteiger partial charge in [0.2, 0.25) is 0 Å². The van der Waals surface area contributed by atoms with Crippen molar-refractivity contribution in [3.8, 4) is 0 Å². The number of nitrogens with one attached hydrogen (secondary N) is 1. The number of aromatic nitrogens is 4. The summed E-state index contributed by atoms with van der Waals surface area (Å²) in [5, 5.41) is 15.4. The predicted molar refractivity (Wildman–Crippen MR) is 59.4 cm³/mol. The highest BCUT2D eigenvalue weighted by Gasteiger charge is 2.07. The minimum atomic E-state index is 0.562. The van der Waals surface area contributed by atoms with E-state index in [0.29, 0.717) is 12.0 Å². The van der Waals surface area contributed by atoms with Crippen molar-refractivity contribution in [1.29, 1.82) is 0 Å². The van der Waals surface area contributed by atoms with Crippen LogP contribution in [0, 0.1) is 5.92 Å². The zero-order chi connectivity index (χ0) is 11.3. The molecular weight excluding hydrogens is 190 g/mol. The lowest BCUT2D eigenvalue weighted by Gasteiger charge is -2.11. The summed E-state index contributed by atoms with van der Waals surface area (Å²) in [6.45, 7) is 7.60. The molecule has 1 unspecified atom stereocenters. The summed E-state index contributed by atoms with van der Waals surface area (Å²) in [5.74, 6) is 1.44. The van der Waals surface area contributed by atoms with Gasteiger partial charge in [-0.05, 0) is 24.1 Å². The minimum absolute atomic E-state index is 0.562. The summed E-state index contributed by atoms with van der Waals surface area (Å²) in [7, 11) is 1.79. The molecule has 0 aliphatic carbocycles. The number of tetrazole rings is 1. The van der Waals surface area contributed by atoms with Crippen LogP contribution in [-0.4, -0.2) is 32.8 Å². The molecule has 15 heavy (non-hydrogen) atoms. The fourth-order valence-corrected chi connectivity index (χ4v) is 1.44. The summed E-state index contributed by atoms with van der Waals surface area (Å²) < 4.78 is 0. The first-order chi connectivity index (χ1) is 7.08. The Labute approximate surface area is 91.2 Å². The molecule has 1 heterocycles. The third kappa shape index (κ3) is 4.88. The van der Waals surface area contributed by atoms with E-state index in [4.69, 9.17) is 0 Å². The van der Waals surface area contributed by atoms with E-state index in [1.807, 2.05) is 0 Å². The van der Waals surface area contributed by atoms with Crippen LogP contribution < -0.4 is 5.32 Å². The van der Waals surface area contributed by atoms with Gasteiger partial charge in [0, 0.05) is 12.5 Å². The molecule has 0 saturated carbocycles. The van der Waals surface area contributed by atoms with Gasteiger partial charge in [-0.25, -0.2) is 0 Å². The lowest BCUT2D eigenvalue weighted by Crippen LogP contribution is -2.25. The smallest absolute Gasteiger partial charge is 0.175 e. The summed E-state index contributed by atoms with van der Waals surface area (Å²) in [6.07, 6.45) is 2.06. The summed E-state index contributed by atoms with van der Waals surface area (Å²) in [4.78, 5) is 1.51. The Morgan fingerprint density at radius 2 is 2.07 bits per heavy atom. The summed E-state index contributed by atoms with van der Waals surface area (Å²) in [5.41, 5.74) is 0. The monoisotopic (exact) mass is 211 g/mol. The molecule has 0 saturated heterocycles. The highest BCUT2D eigenvalue weighted by molar-refractivity contribution is 4.79. The van der Waals surface area contributed by atoms with Gasteiger partial charge in [-0.3, -0.25) is 0 Å². The van der Waals surface area contributed by atoms with Crippen LogP contribution in [0.25, 0.3) is 0 Å². The second kappa shape index (κ2) is 5.80. The van der Waals surface area contributed by atoms with Gasteiger partial charge in [-0.1, -0.05) is 20.8 Å². The van der Waals surface area contributed by atoms with E-state index in [1.165, 1.54) is 4.80 Å². The molecule has 1 aromatic rings. The van der Waals surface area contributed by atoms with E-state index < -0.39 is 0 Å². The molecule has 0 fully saturated rings. The number of aryl methyl sites for hydroxylation is 1. The Morgan fingerprint density at radius 3 is 2.60 bits per heavy atom. The minimum Gasteiger partial charge on any atom is -0.315 e. The maximum Gasteiger partial charge on any atom is 0.175 e. The maximum absolute atomic E-state index is 4.17. The molecule has 0 amide bonds. The van der Waals surface area contributed by atoms with E-state index in [9.17, 15) is 0 Å². The first-order valence-electron chi connectivity index (χ1n) is 5.54. The molecule has 1 N–H and O–H groups in total. The van der Waals surface area contributed by atoms with Crippen molar-refractivity contribution in [2.75, 3.05) is 6.54 Å².